The number of nitrogens with zero attached hydrogens (tertiary/aromatic N) is 2. The Morgan fingerprint density at radius 1 is 1.29 bits per heavy atom. The first-order chi connectivity index (χ1) is 8.01. The van der Waals surface area contributed by atoms with Crippen LogP contribution in [0.4, 0.5) is 0 Å². The lowest BCUT2D eigenvalue weighted by Gasteiger charge is -2.25. The number of ether oxygens (including phenoxy) is 1. The molecule has 1 aromatic rings. The summed E-state index contributed by atoms with van der Waals surface area (Å²) in [7, 11) is 5.64. The van der Waals surface area contributed by atoms with Crippen molar-refractivity contribution in [3.05, 3.63) is 28.8 Å². The minimum atomic E-state index is 0.0780. The summed E-state index contributed by atoms with van der Waals surface area (Å²) in [6.45, 7) is 4.15. The van der Waals surface area contributed by atoms with Crippen LogP contribution in [0, 0.1) is 25.2 Å². The predicted molar refractivity (Wildman–Crippen MR) is 69.1 cm³/mol. The lowest BCUT2D eigenvalue weighted by Crippen LogP contribution is -2.20. The highest BCUT2D eigenvalue weighted by Gasteiger charge is 2.19. The van der Waals surface area contributed by atoms with E-state index in [4.69, 9.17) is 10.00 Å². The van der Waals surface area contributed by atoms with E-state index in [1.54, 1.807) is 7.11 Å². The molecule has 0 fully saturated rings. The fourth-order valence-corrected chi connectivity index (χ4v) is 1.91. The maximum Gasteiger partial charge on any atom is 0.123 e. The summed E-state index contributed by atoms with van der Waals surface area (Å²) in [6.07, 6.45) is 0.464. The van der Waals surface area contributed by atoms with Crippen LogP contribution in [-0.2, 0) is 0 Å². The molecule has 0 aliphatic carbocycles. The summed E-state index contributed by atoms with van der Waals surface area (Å²) in [5, 5.41) is 8.92. The molecule has 0 saturated heterocycles. The summed E-state index contributed by atoms with van der Waals surface area (Å²) in [5.41, 5.74) is 3.52. The molecule has 0 saturated carbocycles. The molecule has 0 radical (unpaired) electrons. The molecule has 1 unspecified atom stereocenters. The van der Waals surface area contributed by atoms with Crippen molar-refractivity contribution in [1.29, 1.82) is 5.26 Å². The van der Waals surface area contributed by atoms with Crippen molar-refractivity contribution >= 4 is 0 Å². The van der Waals surface area contributed by atoms with Gasteiger partial charge in [-0.25, -0.2) is 0 Å². The van der Waals surface area contributed by atoms with E-state index >= 15 is 0 Å². The highest BCUT2D eigenvalue weighted by molar-refractivity contribution is 5.43. The summed E-state index contributed by atoms with van der Waals surface area (Å²) in [5.74, 6) is 0.863. The average molecular weight is 232 g/mol. The van der Waals surface area contributed by atoms with Crippen molar-refractivity contribution in [1.82, 2.24) is 4.90 Å². The van der Waals surface area contributed by atoms with Crippen LogP contribution < -0.4 is 4.74 Å². The SMILES string of the molecule is COc1cc(C)c(C)cc1C(CC#N)N(C)C. The number of rotatable bonds is 4. The predicted octanol–water partition coefficient (Wildman–Crippen LogP) is 2.83. The summed E-state index contributed by atoms with van der Waals surface area (Å²) in [4.78, 5) is 2.05. The van der Waals surface area contributed by atoms with E-state index in [-0.39, 0.29) is 6.04 Å². The molecule has 1 rings (SSSR count). The summed E-state index contributed by atoms with van der Waals surface area (Å²) in [6, 6.07) is 6.48. The molecule has 3 heteroatoms. The molecule has 0 spiro atoms. The Kier molecular flexibility index (Phi) is 4.53. The monoisotopic (exact) mass is 232 g/mol. The van der Waals surface area contributed by atoms with Gasteiger partial charge in [-0.15, -0.1) is 0 Å². The molecular formula is C14H20N2O. The topological polar surface area (TPSA) is 36.3 Å². The second-order valence-electron chi connectivity index (χ2n) is 4.52. The van der Waals surface area contributed by atoms with E-state index in [0.717, 1.165) is 11.3 Å². The van der Waals surface area contributed by atoms with Gasteiger partial charge in [-0.1, -0.05) is 6.07 Å². The molecule has 1 atom stereocenters. The van der Waals surface area contributed by atoms with Gasteiger partial charge in [0, 0.05) is 5.56 Å². The van der Waals surface area contributed by atoms with Gasteiger partial charge in [-0.2, -0.15) is 5.26 Å². The van der Waals surface area contributed by atoms with Crippen molar-refractivity contribution in [2.75, 3.05) is 21.2 Å². The van der Waals surface area contributed by atoms with Crippen LogP contribution in [0.15, 0.2) is 12.1 Å². The molecule has 1 aromatic carbocycles. The fraction of sp³-hybridized carbons (Fsp3) is 0.500. The standard InChI is InChI=1S/C14H20N2O/c1-10-8-12(13(6-7-15)16(3)4)14(17-5)9-11(10)2/h8-9,13H,6H2,1-5H3. The van der Waals surface area contributed by atoms with Crippen molar-refractivity contribution in [3.63, 3.8) is 0 Å². The molecule has 0 heterocycles. The van der Waals surface area contributed by atoms with E-state index < -0.39 is 0 Å². The van der Waals surface area contributed by atoms with Gasteiger partial charge in [0.15, 0.2) is 0 Å². The molecule has 92 valence electrons. The van der Waals surface area contributed by atoms with E-state index in [9.17, 15) is 0 Å². The molecule has 0 aliphatic heterocycles. The Bertz CT molecular complexity index is 433. The van der Waals surface area contributed by atoms with E-state index in [1.165, 1.54) is 11.1 Å². The van der Waals surface area contributed by atoms with Gasteiger partial charge in [0.2, 0.25) is 0 Å². The largest absolute Gasteiger partial charge is 0.496 e. The molecule has 0 aliphatic rings. The minimum absolute atomic E-state index is 0.0780. The third-order valence-electron chi connectivity index (χ3n) is 3.11. The van der Waals surface area contributed by atoms with E-state index in [1.807, 2.05) is 20.2 Å². The zero-order valence-corrected chi connectivity index (χ0v) is 11.2. The van der Waals surface area contributed by atoms with Crippen LogP contribution in [0.5, 0.6) is 5.75 Å². The average Bonchev–Trinajstić information content (AvgIpc) is 2.29. The first-order valence-corrected chi connectivity index (χ1v) is 5.69. The first kappa shape index (κ1) is 13.5. The number of nitriles is 1. The number of methoxy groups -OCH3 is 1. The maximum atomic E-state index is 8.92. The lowest BCUT2D eigenvalue weighted by atomic mass is 9.97. The molecule has 17 heavy (non-hydrogen) atoms. The fourth-order valence-electron chi connectivity index (χ4n) is 1.91. The Labute approximate surface area is 104 Å². The Morgan fingerprint density at radius 2 is 1.88 bits per heavy atom. The van der Waals surface area contributed by atoms with Gasteiger partial charge in [-0.05, 0) is 45.1 Å². The maximum absolute atomic E-state index is 8.92. The highest BCUT2D eigenvalue weighted by atomic mass is 16.5. The molecule has 3 nitrogen and oxygen atoms in total. The molecule has 0 aromatic heterocycles. The van der Waals surface area contributed by atoms with Gasteiger partial charge < -0.3 is 9.64 Å². The Hall–Kier alpha value is -1.53. The van der Waals surface area contributed by atoms with Crippen LogP contribution in [-0.4, -0.2) is 26.1 Å². The third kappa shape index (κ3) is 2.98. The van der Waals surface area contributed by atoms with Crippen molar-refractivity contribution < 1.29 is 4.74 Å². The Balaban J connectivity index is 3.27. The molecule has 0 N–H and O–H groups in total. The minimum Gasteiger partial charge on any atom is -0.496 e. The number of hydrogen-bond donors (Lipinski definition) is 0. The van der Waals surface area contributed by atoms with Crippen LogP contribution >= 0.6 is 0 Å². The van der Waals surface area contributed by atoms with Gasteiger partial charge in [0.1, 0.15) is 5.75 Å². The zero-order chi connectivity index (χ0) is 13.0. The number of hydrogen-bond acceptors (Lipinski definition) is 3. The zero-order valence-electron chi connectivity index (χ0n) is 11.2. The van der Waals surface area contributed by atoms with Crippen molar-refractivity contribution in [2.45, 2.75) is 26.3 Å². The van der Waals surface area contributed by atoms with E-state index in [2.05, 4.69) is 30.9 Å². The molecular weight excluding hydrogens is 212 g/mol. The molecule has 0 bridgehead atoms. The number of benzene rings is 1. The first-order valence-electron chi connectivity index (χ1n) is 5.69. The van der Waals surface area contributed by atoms with Crippen LogP contribution in [0.3, 0.4) is 0 Å². The van der Waals surface area contributed by atoms with Crippen LogP contribution in [0.25, 0.3) is 0 Å². The quantitative estimate of drug-likeness (QED) is 0.801. The highest BCUT2D eigenvalue weighted by Crippen LogP contribution is 2.32. The second kappa shape index (κ2) is 5.70. The number of aryl methyl sites for hydroxylation is 2. The Morgan fingerprint density at radius 3 is 2.35 bits per heavy atom. The van der Waals surface area contributed by atoms with Crippen molar-refractivity contribution in [2.24, 2.45) is 0 Å². The van der Waals surface area contributed by atoms with Crippen LogP contribution in [0.1, 0.15) is 29.2 Å². The van der Waals surface area contributed by atoms with Gasteiger partial charge in [0.25, 0.3) is 0 Å². The van der Waals surface area contributed by atoms with E-state index in [0.29, 0.717) is 6.42 Å². The van der Waals surface area contributed by atoms with Gasteiger partial charge >= 0.3 is 0 Å². The van der Waals surface area contributed by atoms with Gasteiger partial charge in [0.05, 0.1) is 25.6 Å². The normalized spacial score (nSPS) is 12.3. The summed E-state index contributed by atoms with van der Waals surface area (Å²) < 4.78 is 5.42. The molecule has 0 amide bonds. The van der Waals surface area contributed by atoms with Crippen LogP contribution in [0.2, 0.25) is 0 Å². The van der Waals surface area contributed by atoms with Gasteiger partial charge in [-0.3, -0.25) is 0 Å². The van der Waals surface area contributed by atoms with Crippen molar-refractivity contribution in [3.8, 4) is 11.8 Å². The lowest BCUT2D eigenvalue weighted by molar-refractivity contribution is 0.292. The second-order valence-corrected chi connectivity index (χ2v) is 4.52. The third-order valence-corrected chi connectivity index (χ3v) is 3.11. The smallest absolute Gasteiger partial charge is 0.123 e. The summed E-state index contributed by atoms with van der Waals surface area (Å²) >= 11 is 0.